The van der Waals surface area contributed by atoms with Gasteiger partial charge in [-0.2, -0.15) is 0 Å². The molecule has 2 aliphatic carbocycles. The molecular weight excluding hydrogens is 268 g/mol. The molecule has 4 atom stereocenters. The van der Waals surface area contributed by atoms with E-state index in [2.05, 4.69) is 32.9 Å². The van der Waals surface area contributed by atoms with Gasteiger partial charge in [-0.3, -0.25) is 0 Å². The highest BCUT2D eigenvalue weighted by molar-refractivity contribution is 5.47. The van der Waals surface area contributed by atoms with Crippen LogP contribution in [-0.4, -0.2) is 5.11 Å². The van der Waals surface area contributed by atoms with Gasteiger partial charge in [0.1, 0.15) is 5.75 Å². The molecule has 0 amide bonds. The predicted molar refractivity (Wildman–Crippen MR) is 93.6 cm³/mol. The normalized spacial score (nSPS) is 32.9. The summed E-state index contributed by atoms with van der Waals surface area (Å²) in [6.07, 6.45) is 10.5. The van der Waals surface area contributed by atoms with Gasteiger partial charge in [0.15, 0.2) is 0 Å². The second-order valence-electron chi connectivity index (χ2n) is 8.03. The molecule has 2 aliphatic rings. The van der Waals surface area contributed by atoms with Crippen LogP contribution in [0.25, 0.3) is 0 Å². The number of phenolic OH excluding ortho intramolecular Hbond substituents is 1. The van der Waals surface area contributed by atoms with E-state index in [1.807, 2.05) is 0 Å². The summed E-state index contributed by atoms with van der Waals surface area (Å²) in [5, 5.41) is 11.1. The molecule has 0 radical (unpaired) electrons. The van der Waals surface area contributed by atoms with Gasteiger partial charge >= 0.3 is 0 Å². The lowest BCUT2D eigenvalue weighted by Gasteiger charge is -2.33. The molecule has 0 spiro atoms. The van der Waals surface area contributed by atoms with Gasteiger partial charge in [-0.25, -0.2) is 0 Å². The topological polar surface area (TPSA) is 20.2 Å². The Kier molecular flexibility index (Phi) is 4.80. The average Bonchev–Trinajstić information content (AvgIpc) is 2.51. The predicted octanol–water partition coefficient (Wildman–Crippen LogP) is 6.29. The number of rotatable bonds is 2. The van der Waals surface area contributed by atoms with Crippen LogP contribution in [0, 0.1) is 18.8 Å². The molecule has 2 fully saturated rings. The van der Waals surface area contributed by atoms with Crippen molar-refractivity contribution in [2.75, 3.05) is 0 Å². The van der Waals surface area contributed by atoms with E-state index in [4.69, 9.17) is 0 Å². The molecule has 1 N–H and O–H groups in total. The smallest absolute Gasteiger partial charge is 0.122 e. The Morgan fingerprint density at radius 3 is 1.59 bits per heavy atom. The average molecular weight is 300 g/mol. The summed E-state index contributed by atoms with van der Waals surface area (Å²) in [6, 6.07) is 4.53. The van der Waals surface area contributed by atoms with Crippen LogP contribution >= 0.6 is 0 Å². The van der Waals surface area contributed by atoms with Gasteiger partial charge in [0.25, 0.3) is 0 Å². The van der Waals surface area contributed by atoms with Crippen molar-refractivity contribution in [2.24, 2.45) is 11.8 Å². The zero-order chi connectivity index (χ0) is 15.7. The van der Waals surface area contributed by atoms with Crippen molar-refractivity contribution in [3.63, 3.8) is 0 Å². The molecule has 0 aromatic heterocycles. The molecule has 0 heterocycles. The number of aryl methyl sites for hydroxylation is 1. The van der Waals surface area contributed by atoms with Crippen molar-refractivity contribution in [3.8, 4) is 5.75 Å². The molecular formula is C21H32O. The molecule has 3 rings (SSSR count). The number of hydrogen-bond acceptors (Lipinski definition) is 1. The van der Waals surface area contributed by atoms with Gasteiger partial charge in [0, 0.05) is 0 Å². The first-order chi connectivity index (χ1) is 10.6. The number of phenols is 1. The van der Waals surface area contributed by atoms with Crippen molar-refractivity contribution < 1.29 is 5.11 Å². The molecule has 22 heavy (non-hydrogen) atoms. The highest BCUT2D eigenvalue weighted by Crippen LogP contribution is 2.47. The Morgan fingerprint density at radius 2 is 1.18 bits per heavy atom. The van der Waals surface area contributed by atoms with E-state index in [9.17, 15) is 5.11 Å². The number of hydrogen-bond donors (Lipinski definition) is 1. The SMILES string of the molecule is Cc1cc(C2CCCCC2C)c(O)c(C2CCCCC2C)c1. The molecule has 1 nitrogen and oxygen atoms in total. The summed E-state index contributed by atoms with van der Waals surface area (Å²) >= 11 is 0. The highest BCUT2D eigenvalue weighted by Gasteiger charge is 2.30. The van der Waals surface area contributed by atoms with Crippen molar-refractivity contribution in [1.29, 1.82) is 0 Å². The first-order valence-electron chi connectivity index (χ1n) is 9.41. The molecule has 0 saturated heterocycles. The lowest BCUT2D eigenvalue weighted by molar-refractivity contribution is 0.308. The molecule has 122 valence electrons. The van der Waals surface area contributed by atoms with Gasteiger partial charge in [-0.05, 0) is 54.6 Å². The van der Waals surface area contributed by atoms with E-state index in [1.165, 1.54) is 68.1 Å². The van der Waals surface area contributed by atoms with E-state index < -0.39 is 0 Å². The van der Waals surface area contributed by atoms with Crippen LogP contribution in [0.4, 0.5) is 0 Å². The Labute approximate surface area is 136 Å². The van der Waals surface area contributed by atoms with Crippen molar-refractivity contribution in [3.05, 3.63) is 28.8 Å². The van der Waals surface area contributed by atoms with E-state index >= 15 is 0 Å². The fourth-order valence-corrected chi connectivity index (χ4v) is 4.96. The van der Waals surface area contributed by atoms with Crippen LogP contribution in [-0.2, 0) is 0 Å². The third kappa shape index (κ3) is 3.05. The van der Waals surface area contributed by atoms with Crippen molar-refractivity contribution in [1.82, 2.24) is 0 Å². The zero-order valence-electron chi connectivity index (χ0n) is 14.6. The van der Waals surface area contributed by atoms with Crippen LogP contribution in [0.1, 0.15) is 93.7 Å². The van der Waals surface area contributed by atoms with Gasteiger partial charge in [-0.15, -0.1) is 0 Å². The summed E-state index contributed by atoms with van der Waals surface area (Å²) in [5.74, 6) is 3.18. The quantitative estimate of drug-likeness (QED) is 0.680. The van der Waals surface area contributed by atoms with Crippen LogP contribution in [0.2, 0.25) is 0 Å². The standard InChI is InChI=1S/C21H32O/c1-14-12-19(17-10-6-4-8-15(17)2)21(22)20(13-14)18-11-7-5-9-16(18)3/h12-13,15-18,22H,4-11H2,1-3H3. The van der Waals surface area contributed by atoms with Gasteiger partial charge in [-0.1, -0.05) is 70.1 Å². The summed E-state index contributed by atoms with van der Waals surface area (Å²) in [6.45, 7) is 6.94. The molecule has 4 unspecified atom stereocenters. The third-order valence-corrected chi connectivity index (χ3v) is 6.34. The molecule has 2 saturated carbocycles. The second-order valence-corrected chi connectivity index (χ2v) is 8.03. The van der Waals surface area contributed by atoms with E-state index in [1.54, 1.807) is 0 Å². The Hall–Kier alpha value is -0.980. The van der Waals surface area contributed by atoms with Gasteiger partial charge < -0.3 is 5.11 Å². The van der Waals surface area contributed by atoms with Crippen LogP contribution in [0.3, 0.4) is 0 Å². The first-order valence-corrected chi connectivity index (χ1v) is 9.41. The van der Waals surface area contributed by atoms with Crippen molar-refractivity contribution >= 4 is 0 Å². The summed E-state index contributed by atoms with van der Waals surface area (Å²) < 4.78 is 0. The van der Waals surface area contributed by atoms with E-state index in [-0.39, 0.29) is 0 Å². The molecule has 1 heteroatoms. The molecule has 0 bridgehead atoms. The van der Waals surface area contributed by atoms with Crippen molar-refractivity contribution in [2.45, 2.75) is 84.0 Å². The van der Waals surface area contributed by atoms with Crippen LogP contribution in [0.5, 0.6) is 5.75 Å². The number of aromatic hydroxyl groups is 1. The maximum absolute atomic E-state index is 11.1. The van der Waals surface area contributed by atoms with Crippen LogP contribution < -0.4 is 0 Å². The maximum atomic E-state index is 11.1. The van der Waals surface area contributed by atoms with Gasteiger partial charge in [0.05, 0.1) is 0 Å². The Balaban J connectivity index is 1.97. The summed E-state index contributed by atoms with van der Waals surface area (Å²) in [4.78, 5) is 0. The largest absolute Gasteiger partial charge is 0.507 e. The van der Waals surface area contributed by atoms with E-state index in [0.717, 1.165) is 0 Å². The Bertz CT molecular complexity index is 476. The fourth-order valence-electron chi connectivity index (χ4n) is 4.96. The van der Waals surface area contributed by atoms with Crippen LogP contribution in [0.15, 0.2) is 12.1 Å². The second kappa shape index (κ2) is 6.64. The van der Waals surface area contributed by atoms with Gasteiger partial charge in [0.2, 0.25) is 0 Å². The lowest BCUT2D eigenvalue weighted by atomic mass is 9.72. The Morgan fingerprint density at radius 1 is 0.773 bits per heavy atom. The third-order valence-electron chi connectivity index (χ3n) is 6.34. The minimum absolute atomic E-state index is 0.561. The van der Waals surface area contributed by atoms with E-state index in [0.29, 0.717) is 29.4 Å². The first kappa shape index (κ1) is 15.9. The molecule has 0 aliphatic heterocycles. The monoisotopic (exact) mass is 300 g/mol. The minimum atomic E-state index is 0.561. The fraction of sp³-hybridized carbons (Fsp3) is 0.714. The summed E-state index contributed by atoms with van der Waals surface area (Å²) in [7, 11) is 0. The lowest BCUT2D eigenvalue weighted by Crippen LogP contribution is -2.18. The molecule has 1 aromatic carbocycles. The highest BCUT2D eigenvalue weighted by atomic mass is 16.3. The zero-order valence-corrected chi connectivity index (χ0v) is 14.6. The number of benzene rings is 1. The maximum Gasteiger partial charge on any atom is 0.122 e. The summed E-state index contributed by atoms with van der Waals surface area (Å²) in [5.41, 5.74) is 3.83. The minimum Gasteiger partial charge on any atom is -0.507 e. The molecule has 1 aromatic rings.